The lowest BCUT2D eigenvalue weighted by Crippen LogP contribution is -2.48. The topological polar surface area (TPSA) is 59.0 Å². The van der Waals surface area contributed by atoms with Gasteiger partial charge < -0.3 is 10.6 Å². The van der Waals surface area contributed by atoms with Gasteiger partial charge in [0.2, 0.25) is 5.91 Å². The van der Waals surface area contributed by atoms with Crippen molar-refractivity contribution in [2.24, 2.45) is 11.8 Å². The quantitative estimate of drug-likeness (QED) is 0.862. The number of amides is 1. The normalized spacial score (nSPS) is 20.5. The Hall–Kier alpha value is -1.85. The van der Waals surface area contributed by atoms with Crippen LogP contribution in [0, 0.1) is 18.8 Å². The molecule has 1 saturated heterocycles. The Labute approximate surface area is 161 Å². The van der Waals surface area contributed by atoms with Gasteiger partial charge >= 0.3 is 0 Å². The number of fused-ring (bicyclic) bond motifs is 1. The summed E-state index contributed by atoms with van der Waals surface area (Å²) >= 11 is 0. The summed E-state index contributed by atoms with van der Waals surface area (Å²) in [7, 11) is 0. The van der Waals surface area contributed by atoms with Gasteiger partial charge in [-0.3, -0.25) is 4.79 Å². The second-order valence-corrected chi connectivity index (χ2v) is 7.42. The minimum atomic E-state index is 0. The molecule has 26 heavy (non-hydrogen) atoms. The maximum atomic E-state index is 12.7. The number of hydrogen-bond donors (Lipinski definition) is 2. The summed E-state index contributed by atoms with van der Waals surface area (Å²) in [5.41, 5.74) is 3.76. The minimum absolute atomic E-state index is 0. The summed E-state index contributed by atoms with van der Waals surface area (Å²) in [6.07, 6.45) is 5.20. The van der Waals surface area contributed by atoms with Crippen molar-refractivity contribution in [3.63, 3.8) is 0 Å². The zero-order valence-corrected chi connectivity index (χ0v) is 16.2. The van der Waals surface area contributed by atoms with E-state index in [0.717, 1.165) is 43.7 Å². The SMILES string of the molecule is Cc1cnn(C2CCCc3ccccc32)c1NC(=O)C(C)C1CNC1.Cl. The predicted molar refractivity (Wildman–Crippen MR) is 106 cm³/mol. The molecule has 2 unspecified atom stereocenters. The molecular formula is C20H27ClN4O. The van der Waals surface area contributed by atoms with Gasteiger partial charge in [-0.15, -0.1) is 12.4 Å². The molecule has 2 aromatic rings. The third kappa shape index (κ3) is 3.38. The predicted octanol–water partition coefficient (Wildman–Crippen LogP) is 3.33. The maximum Gasteiger partial charge on any atom is 0.228 e. The molecule has 0 spiro atoms. The van der Waals surface area contributed by atoms with Gasteiger partial charge in [0.25, 0.3) is 0 Å². The molecule has 1 aromatic carbocycles. The number of benzene rings is 1. The van der Waals surface area contributed by atoms with Crippen LogP contribution in [0.15, 0.2) is 30.5 Å². The highest BCUT2D eigenvalue weighted by Gasteiger charge is 2.30. The van der Waals surface area contributed by atoms with E-state index in [-0.39, 0.29) is 30.3 Å². The Bertz CT molecular complexity index is 784. The van der Waals surface area contributed by atoms with E-state index in [4.69, 9.17) is 0 Å². The van der Waals surface area contributed by atoms with E-state index >= 15 is 0 Å². The molecule has 2 atom stereocenters. The Morgan fingerprint density at radius 2 is 2.12 bits per heavy atom. The summed E-state index contributed by atoms with van der Waals surface area (Å²) in [4.78, 5) is 12.7. The first-order valence-electron chi connectivity index (χ1n) is 9.28. The molecule has 2 heterocycles. The molecule has 5 nitrogen and oxygen atoms in total. The largest absolute Gasteiger partial charge is 0.316 e. The number of anilines is 1. The van der Waals surface area contributed by atoms with Crippen molar-refractivity contribution in [3.05, 3.63) is 47.2 Å². The van der Waals surface area contributed by atoms with Crippen molar-refractivity contribution in [2.75, 3.05) is 18.4 Å². The first kappa shape index (κ1) is 18.9. The average Bonchev–Trinajstić information content (AvgIpc) is 2.93. The Morgan fingerprint density at radius 3 is 2.85 bits per heavy atom. The highest BCUT2D eigenvalue weighted by Crippen LogP contribution is 2.35. The van der Waals surface area contributed by atoms with Gasteiger partial charge in [-0.2, -0.15) is 5.10 Å². The number of aryl methyl sites for hydroxylation is 2. The van der Waals surface area contributed by atoms with E-state index in [9.17, 15) is 4.79 Å². The molecule has 2 N–H and O–H groups in total. The minimum Gasteiger partial charge on any atom is -0.316 e. The Morgan fingerprint density at radius 1 is 1.35 bits per heavy atom. The molecule has 6 heteroatoms. The number of carbonyl (C=O) groups is 1. The van der Waals surface area contributed by atoms with Crippen LogP contribution in [0.3, 0.4) is 0 Å². The van der Waals surface area contributed by atoms with Crippen LogP contribution < -0.4 is 10.6 Å². The summed E-state index contributed by atoms with van der Waals surface area (Å²) < 4.78 is 2.02. The van der Waals surface area contributed by atoms with Crippen molar-refractivity contribution >= 4 is 24.1 Å². The van der Waals surface area contributed by atoms with Gasteiger partial charge in [0.15, 0.2) is 0 Å². The molecule has 1 aliphatic heterocycles. The van der Waals surface area contributed by atoms with E-state index in [1.807, 2.05) is 24.7 Å². The molecule has 1 amide bonds. The first-order valence-corrected chi connectivity index (χ1v) is 9.28. The fourth-order valence-corrected chi connectivity index (χ4v) is 3.93. The number of carbonyl (C=O) groups excluding carboxylic acids is 1. The van der Waals surface area contributed by atoms with Crippen LogP contribution in [-0.2, 0) is 11.2 Å². The highest BCUT2D eigenvalue weighted by molar-refractivity contribution is 5.92. The van der Waals surface area contributed by atoms with E-state index in [0.29, 0.717) is 5.92 Å². The van der Waals surface area contributed by atoms with Gasteiger partial charge in [-0.1, -0.05) is 31.2 Å². The van der Waals surface area contributed by atoms with Crippen LogP contribution >= 0.6 is 12.4 Å². The number of halogens is 1. The summed E-state index contributed by atoms with van der Waals surface area (Å²) in [5, 5.41) is 11.0. The fraction of sp³-hybridized carbons (Fsp3) is 0.500. The van der Waals surface area contributed by atoms with E-state index < -0.39 is 0 Å². The van der Waals surface area contributed by atoms with Crippen LogP contribution in [0.4, 0.5) is 5.82 Å². The van der Waals surface area contributed by atoms with Crippen molar-refractivity contribution in [2.45, 2.75) is 39.2 Å². The van der Waals surface area contributed by atoms with Crippen LogP contribution in [0.25, 0.3) is 0 Å². The van der Waals surface area contributed by atoms with Crippen molar-refractivity contribution in [3.8, 4) is 0 Å². The zero-order chi connectivity index (χ0) is 17.4. The lowest BCUT2D eigenvalue weighted by molar-refractivity contribution is -0.121. The van der Waals surface area contributed by atoms with Crippen LogP contribution in [0.1, 0.15) is 42.5 Å². The summed E-state index contributed by atoms with van der Waals surface area (Å²) in [6.45, 7) is 5.90. The molecule has 1 fully saturated rings. The number of aromatic nitrogens is 2. The van der Waals surface area contributed by atoms with Crippen molar-refractivity contribution < 1.29 is 4.79 Å². The van der Waals surface area contributed by atoms with Crippen molar-refractivity contribution in [1.29, 1.82) is 0 Å². The monoisotopic (exact) mass is 374 g/mol. The molecule has 0 bridgehead atoms. The third-order valence-electron chi connectivity index (χ3n) is 5.79. The number of hydrogen-bond acceptors (Lipinski definition) is 3. The molecule has 4 rings (SSSR count). The van der Waals surface area contributed by atoms with Crippen molar-refractivity contribution in [1.82, 2.24) is 15.1 Å². The molecule has 0 radical (unpaired) electrons. The fourth-order valence-electron chi connectivity index (χ4n) is 3.93. The average molecular weight is 375 g/mol. The molecule has 140 valence electrons. The molecule has 1 aromatic heterocycles. The number of nitrogens with zero attached hydrogens (tertiary/aromatic N) is 2. The molecular weight excluding hydrogens is 348 g/mol. The standard InChI is InChI=1S/C20H26N4O.ClH/c1-13-10-22-24(18-9-5-7-15-6-3-4-8-17(15)18)19(13)23-20(25)14(2)16-11-21-12-16;/h3-4,6,8,10,14,16,18,21H,5,7,9,11-12H2,1-2H3,(H,23,25);1H. The molecule has 2 aliphatic rings. The lowest BCUT2D eigenvalue weighted by atomic mass is 9.87. The van der Waals surface area contributed by atoms with E-state index in [1.165, 1.54) is 11.1 Å². The van der Waals surface area contributed by atoms with Crippen LogP contribution in [0.5, 0.6) is 0 Å². The Kier molecular flexibility index (Phi) is 5.68. The first-order chi connectivity index (χ1) is 12.1. The summed E-state index contributed by atoms with van der Waals surface area (Å²) in [5.74, 6) is 1.40. The second kappa shape index (κ2) is 7.80. The molecule has 0 saturated carbocycles. The third-order valence-corrected chi connectivity index (χ3v) is 5.79. The van der Waals surface area contributed by atoms with Gasteiger partial charge in [-0.25, -0.2) is 4.68 Å². The van der Waals surface area contributed by atoms with Crippen LogP contribution in [-0.4, -0.2) is 28.8 Å². The lowest BCUT2D eigenvalue weighted by Gasteiger charge is -2.32. The van der Waals surface area contributed by atoms with Gasteiger partial charge in [-0.05, 0) is 56.3 Å². The van der Waals surface area contributed by atoms with Gasteiger partial charge in [0.1, 0.15) is 5.82 Å². The van der Waals surface area contributed by atoms with E-state index in [1.54, 1.807) is 0 Å². The number of rotatable bonds is 4. The highest BCUT2D eigenvalue weighted by atomic mass is 35.5. The van der Waals surface area contributed by atoms with Gasteiger partial charge in [0, 0.05) is 11.5 Å². The second-order valence-electron chi connectivity index (χ2n) is 7.42. The maximum absolute atomic E-state index is 12.7. The summed E-state index contributed by atoms with van der Waals surface area (Å²) in [6, 6.07) is 8.81. The Balaban J connectivity index is 0.00000196. The van der Waals surface area contributed by atoms with Crippen LogP contribution in [0.2, 0.25) is 0 Å². The smallest absolute Gasteiger partial charge is 0.228 e. The van der Waals surface area contributed by atoms with E-state index in [2.05, 4.69) is 40.0 Å². The number of nitrogens with one attached hydrogen (secondary N) is 2. The zero-order valence-electron chi connectivity index (χ0n) is 15.4. The van der Waals surface area contributed by atoms with Gasteiger partial charge in [0.05, 0.1) is 12.2 Å². The molecule has 1 aliphatic carbocycles.